The first-order valence-electron chi connectivity index (χ1n) is 33.1. The van der Waals surface area contributed by atoms with Crippen molar-refractivity contribution in [1.29, 1.82) is 0 Å². The molecule has 0 spiro atoms. The zero-order valence-electron chi connectivity index (χ0n) is 58.3. The maximum Gasteiger partial charge on any atom is 0.119 e. The van der Waals surface area contributed by atoms with Crippen LogP contribution in [0.15, 0.2) is 309 Å². The van der Waals surface area contributed by atoms with Gasteiger partial charge in [0, 0.05) is 85.3 Å². The molecule has 0 atom stereocenters. The van der Waals surface area contributed by atoms with E-state index < -0.39 is 0 Å². The zero-order valence-corrected chi connectivity index (χ0v) is 58.3. The molecule has 13 rings (SSSR count). The Bertz CT molecular complexity index is 4190. The fraction of sp³-hybridized carbons (Fsp3) is 0.103. The Morgan fingerprint density at radius 2 is 0.196 bits per heavy atom. The second-order valence-corrected chi connectivity index (χ2v) is 23.6. The van der Waals surface area contributed by atoms with Crippen molar-refractivity contribution in [2.75, 3.05) is 93.4 Å². The maximum atomic E-state index is 5.83. The second kappa shape index (κ2) is 31.2. The summed E-state index contributed by atoms with van der Waals surface area (Å²) in [7, 11) is 15.1. The quantitative estimate of drug-likeness (QED) is 0.0488. The van der Waals surface area contributed by atoms with Crippen LogP contribution >= 0.6 is 0 Å². The van der Waals surface area contributed by atoms with Crippen LogP contribution in [-0.4, -0.2) is 64.0 Å². The van der Waals surface area contributed by atoms with Gasteiger partial charge in [-0.3, -0.25) is 0 Å². The lowest BCUT2D eigenvalue weighted by Gasteiger charge is -2.33. The van der Waals surface area contributed by atoms with E-state index in [9.17, 15) is 0 Å². The van der Waals surface area contributed by atoms with Crippen molar-refractivity contribution < 1.29 is 42.6 Å². The van der Waals surface area contributed by atoms with Gasteiger partial charge in [-0.15, -0.1) is 0 Å². The fourth-order valence-corrected chi connectivity index (χ4v) is 12.5. The van der Waals surface area contributed by atoms with E-state index in [0.717, 1.165) is 154 Å². The second-order valence-electron chi connectivity index (χ2n) is 23.6. The van der Waals surface area contributed by atoms with Gasteiger partial charge >= 0.3 is 0 Å². The van der Waals surface area contributed by atoms with Gasteiger partial charge < -0.3 is 72.0 Å². The van der Waals surface area contributed by atoms with Crippen molar-refractivity contribution in [2.24, 2.45) is 0 Å². The van der Waals surface area contributed by atoms with Crippen LogP contribution in [0.3, 0.4) is 0 Å². The van der Waals surface area contributed by atoms with Crippen molar-refractivity contribution >= 4 is 102 Å². The summed E-state index contributed by atoms with van der Waals surface area (Å²) in [5, 5.41) is 0. The summed E-state index contributed by atoms with van der Waals surface area (Å²) < 4.78 is 51.3. The Labute approximate surface area is 596 Å². The van der Waals surface area contributed by atoms with Gasteiger partial charge in [-0.2, -0.15) is 0 Å². The fourth-order valence-electron chi connectivity index (χ4n) is 12.5. The first-order valence-corrected chi connectivity index (χ1v) is 33.1. The molecule has 0 saturated carbocycles. The third-order valence-corrected chi connectivity index (χ3v) is 17.7. The molecule has 0 bridgehead atoms. The molecule has 0 aliphatic carbocycles. The molecule has 0 saturated heterocycles. The van der Waals surface area contributed by atoms with E-state index in [1.807, 2.05) is 109 Å². The van der Waals surface area contributed by atoms with Gasteiger partial charge in [0.15, 0.2) is 0 Å². The summed E-state index contributed by atoms with van der Waals surface area (Å²) in [4.78, 5) is 13.5. The topological polar surface area (TPSA) is 103 Å². The lowest BCUT2D eigenvalue weighted by atomic mass is 10.1. The van der Waals surface area contributed by atoms with E-state index in [-0.39, 0.29) is 0 Å². The summed E-state index contributed by atoms with van der Waals surface area (Å²) >= 11 is 0. The van der Waals surface area contributed by atoms with Gasteiger partial charge in [-0.25, -0.2) is 0 Å². The predicted molar refractivity (Wildman–Crippen MR) is 414 cm³/mol. The summed E-state index contributed by atoms with van der Waals surface area (Å²) in [6.07, 6.45) is 0. The van der Waals surface area contributed by atoms with Crippen molar-refractivity contribution in [2.45, 2.75) is 0 Å². The van der Waals surface area contributed by atoms with Crippen molar-refractivity contribution in [3.8, 4) is 51.7 Å². The van der Waals surface area contributed by atoms with Crippen LogP contribution in [0, 0.1) is 0 Å². The number of nitrogens with zero attached hydrogens (tertiary/aromatic N) is 6. The normalized spacial score (nSPS) is 10.8. The molecule has 510 valence electrons. The molecule has 102 heavy (non-hydrogen) atoms. The predicted octanol–water partition coefficient (Wildman–Crippen LogP) is 22.6. The Morgan fingerprint density at radius 3 is 0.284 bits per heavy atom. The third-order valence-electron chi connectivity index (χ3n) is 17.7. The zero-order chi connectivity index (χ0) is 70.5. The molecule has 15 heteroatoms. The molecule has 0 unspecified atom stereocenters. The van der Waals surface area contributed by atoms with E-state index in [0.29, 0.717) is 0 Å². The Kier molecular flexibility index (Phi) is 20.6. The molecule has 0 aliphatic heterocycles. The Morgan fingerprint density at radius 1 is 0.118 bits per heavy atom. The molecule has 0 aliphatic rings. The number of methoxy groups -OCH3 is 9. The van der Waals surface area contributed by atoms with E-state index in [4.69, 9.17) is 42.6 Å². The summed E-state index contributed by atoms with van der Waals surface area (Å²) in [6, 6.07) is 106. The lowest BCUT2D eigenvalue weighted by Crippen LogP contribution is -2.17. The molecule has 0 fully saturated rings. The smallest absolute Gasteiger partial charge is 0.119 e. The number of hydrogen-bond donors (Lipinski definition) is 0. The highest BCUT2D eigenvalue weighted by atomic mass is 16.5. The van der Waals surface area contributed by atoms with Crippen LogP contribution in [0.5, 0.6) is 51.7 Å². The molecule has 0 amide bonds. The molecule has 0 radical (unpaired) electrons. The minimum atomic E-state index is 0.719. The van der Waals surface area contributed by atoms with E-state index in [2.05, 4.69) is 230 Å². The van der Waals surface area contributed by atoms with Crippen LogP contribution in [0.1, 0.15) is 0 Å². The molecule has 0 aromatic heterocycles. The minimum absolute atomic E-state index is 0.719. The highest BCUT2D eigenvalue weighted by Gasteiger charge is 2.26. The van der Waals surface area contributed by atoms with Crippen LogP contribution in [0.25, 0.3) is 0 Å². The number of rotatable bonds is 27. The van der Waals surface area contributed by atoms with E-state index in [1.165, 1.54) is 0 Å². The molecule has 13 aromatic rings. The van der Waals surface area contributed by atoms with Gasteiger partial charge in [0.2, 0.25) is 0 Å². The van der Waals surface area contributed by atoms with Crippen molar-refractivity contribution in [1.82, 2.24) is 0 Å². The van der Waals surface area contributed by atoms with Gasteiger partial charge in [-0.05, 0) is 309 Å². The van der Waals surface area contributed by atoms with Crippen LogP contribution in [0.2, 0.25) is 0 Å². The lowest BCUT2D eigenvalue weighted by molar-refractivity contribution is 0.414. The molecule has 15 nitrogen and oxygen atoms in total. The SMILES string of the molecule is COc1ccc(N(c2ccc(OC)cc2)c2ccc(N(c3ccc(OC)cc3)c3cc(N(c4ccc(OC)cc4)c4ccc(N(c5ccc(OC)cc5)c5ccc(OC)cc5)cc4)cc(N(c4ccc(OC)cc4)c4ccc(N(c5ccc(OC)cc5)c5ccc(OC)cc5)cc4)c3)cc2)cc1. The van der Waals surface area contributed by atoms with Gasteiger partial charge in [0.1, 0.15) is 51.7 Å². The summed E-state index contributed by atoms with van der Waals surface area (Å²) in [5.74, 6) is 6.70. The molecule has 13 aromatic carbocycles. The minimum Gasteiger partial charge on any atom is -0.497 e. The average Bonchev–Trinajstić information content (AvgIpc) is 0.765. The highest BCUT2D eigenvalue weighted by molar-refractivity contribution is 5.92. The van der Waals surface area contributed by atoms with Crippen LogP contribution in [-0.2, 0) is 0 Å². The number of hydrogen-bond acceptors (Lipinski definition) is 15. The van der Waals surface area contributed by atoms with Crippen LogP contribution in [0.4, 0.5) is 102 Å². The first-order chi connectivity index (χ1) is 50.1. The van der Waals surface area contributed by atoms with Gasteiger partial charge in [0.25, 0.3) is 0 Å². The van der Waals surface area contributed by atoms with Crippen molar-refractivity contribution in [3.05, 3.63) is 309 Å². The first kappa shape index (κ1) is 67.4. The van der Waals surface area contributed by atoms with Crippen molar-refractivity contribution in [3.63, 3.8) is 0 Å². The number of benzene rings is 13. The standard InChI is InChI=1S/C87H78N6O9/c1-94-79-40-22-67(23-41-79)88(68-24-42-80(95-2)43-25-68)61-10-16-64(17-11-61)91(73-34-52-85(100-7)53-35-73)76-58-77(92(74-36-54-86(101-8)55-37-74)65-18-12-62(13-19-65)89(69-26-44-81(96-3)45-27-69)70-28-46-82(97-4)47-29-70)60-78(59-76)93(75-38-56-87(102-9)57-39-75)66-20-14-63(15-21-66)90(71-30-48-83(98-5)49-31-71)72-32-50-84(99-6)51-33-72/h10-60H,1-9H3. The Balaban J connectivity index is 1.03. The molecular weight excluding hydrogens is 1270 g/mol. The highest BCUT2D eigenvalue weighted by Crippen LogP contribution is 2.49. The van der Waals surface area contributed by atoms with E-state index >= 15 is 0 Å². The molecule has 0 N–H and O–H groups in total. The average molecular weight is 1350 g/mol. The molecular formula is C87H78N6O9. The number of anilines is 18. The summed E-state index contributed by atoms with van der Waals surface area (Å²) in [6.45, 7) is 0. The maximum absolute atomic E-state index is 5.83. The van der Waals surface area contributed by atoms with E-state index in [1.54, 1.807) is 64.0 Å². The monoisotopic (exact) mass is 1350 g/mol. The molecule has 0 heterocycles. The largest absolute Gasteiger partial charge is 0.497 e. The third kappa shape index (κ3) is 14.7. The Hall–Kier alpha value is -13.1. The number of ether oxygens (including phenoxy) is 9. The van der Waals surface area contributed by atoms with Gasteiger partial charge in [-0.1, -0.05) is 0 Å². The van der Waals surface area contributed by atoms with Crippen LogP contribution < -0.4 is 72.0 Å². The summed E-state index contributed by atoms with van der Waals surface area (Å²) in [5.41, 5.74) is 16.2. The van der Waals surface area contributed by atoms with Gasteiger partial charge in [0.05, 0.1) is 81.1 Å².